The summed E-state index contributed by atoms with van der Waals surface area (Å²) in [5, 5.41) is 25.3. The van der Waals surface area contributed by atoms with Gasteiger partial charge >= 0.3 is 0 Å². The van der Waals surface area contributed by atoms with Crippen molar-refractivity contribution in [2.75, 3.05) is 7.05 Å². The molecule has 37 heavy (non-hydrogen) atoms. The van der Waals surface area contributed by atoms with Crippen molar-refractivity contribution in [2.24, 2.45) is 17.4 Å². The number of aliphatic hydroxyl groups is 1. The molecule has 1 aliphatic rings. The van der Waals surface area contributed by atoms with Crippen molar-refractivity contribution in [2.45, 2.75) is 83.3 Å². The van der Waals surface area contributed by atoms with Crippen LogP contribution in [0, 0.1) is 5.92 Å². The van der Waals surface area contributed by atoms with Crippen LogP contribution >= 0.6 is 0 Å². The molecule has 0 spiro atoms. The molecule has 8 N–H and O–H groups in total. The second-order valence-corrected chi connectivity index (χ2v) is 10.3. The van der Waals surface area contributed by atoms with E-state index in [0.717, 1.165) is 0 Å². The highest BCUT2D eigenvalue weighted by atomic mass is 16.5. The number of aromatic hydroxyl groups is 1. The molecule has 0 aromatic heterocycles. The van der Waals surface area contributed by atoms with Gasteiger partial charge in [-0.3, -0.25) is 14.4 Å². The third-order valence-corrected chi connectivity index (χ3v) is 6.97. The molecule has 1 heterocycles. The number of nitrogens with one attached hydrogen (secondary N) is 2. The van der Waals surface area contributed by atoms with E-state index >= 15 is 0 Å². The minimum Gasteiger partial charge on any atom is -0.508 e. The number of hydrogen-bond donors (Lipinski definition) is 6. The highest BCUT2D eigenvalue weighted by molar-refractivity contribution is 5.91. The Bertz CT molecular complexity index is 1010. The summed E-state index contributed by atoms with van der Waals surface area (Å²) in [7, 11) is 1.50. The highest BCUT2D eigenvalue weighted by Crippen LogP contribution is 2.35. The molecule has 2 rings (SSSR count). The van der Waals surface area contributed by atoms with Gasteiger partial charge in [-0.1, -0.05) is 19.1 Å². The first-order valence-corrected chi connectivity index (χ1v) is 12.4. The Morgan fingerprint density at radius 2 is 1.89 bits per heavy atom. The van der Waals surface area contributed by atoms with Crippen LogP contribution in [-0.4, -0.2) is 75.8 Å². The van der Waals surface area contributed by atoms with E-state index in [1.54, 1.807) is 19.1 Å². The van der Waals surface area contributed by atoms with Gasteiger partial charge in [0.05, 0.1) is 24.2 Å². The van der Waals surface area contributed by atoms with Crippen molar-refractivity contribution < 1.29 is 29.3 Å². The van der Waals surface area contributed by atoms with Crippen LogP contribution in [0.3, 0.4) is 0 Å². The molecule has 3 amide bonds. The summed E-state index contributed by atoms with van der Waals surface area (Å²) in [5.74, 6) is -1.26. The molecular formula is C26H41N5O6. The summed E-state index contributed by atoms with van der Waals surface area (Å²) in [4.78, 5) is 40.0. The van der Waals surface area contributed by atoms with Gasteiger partial charge in [-0.05, 0) is 51.8 Å². The van der Waals surface area contributed by atoms with E-state index in [-0.39, 0.29) is 24.5 Å². The van der Waals surface area contributed by atoms with Crippen molar-refractivity contribution >= 4 is 17.7 Å². The maximum atomic E-state index is 13.2. The second-order valence-electron chi connectivity index (χ2n) is 10.3. The molecule has 0 bridgehead atoms. The quantitative estimate of drug-likeness (QED) is 0.266. The molecule has 206 valence electrons. The van der Waals surface area contributed by atoms with Gasteiger partial charge in [0.1, 0.15) is 23.2 Å². The smallest absolute Gasteiger partial charge is 0.248 e. The Balaban J connectivity index is 2.17. The van der Waals surface area contributed by atoms with Crippen LogP contribution in [0.15, 0.2) is 36.2 Å². The zero-order valence-corrected chi connectivity index (χ0v) is 22.4. The minimum absolute atomic E-state index is 0.0654. The summed E-state index contributed by atoms with van der Waals surface area (Å²) >= 11 is 0. The Labute approximate surface area is 218 Å². The van der Waals surface area contributed by atoms with E-state index in [9.17, 15) is 24.6 Å². The van der Waals surface area contributed by atoms with Crippen molar-refractivity contribution in [3.8, 4) is 5.75 Å². The van der Waals surface area contributed by atoms with Gasteiger partial charge in [0.2, 0.25) is 17.7 Å². The molecule has 11 heteroatoms. The maximum Gasteiger partial charge on any atom is 0.248 e. The van der Waals surface area contributed by atoms with Crippen molar-refractivity contribution in [1.82, 2.24) is 15.5 Å². The normalized spacial score (nSPS) is 23.2. The van der Waals surface area contributed by atoms with Crippen molar-refractivity contribution in [1.29, 1.82) is 0 Å². The summed E-state index contributed by atoms with van der Waals surface area (Å²) in [5.41, 5.74) is 11.9. The van der Waals surface area contributed by atoms with Crippen molar-refractivity contribution in [3.63, 3.8) is 0 Å². The number of nitrogens with two attached hydrogens (primary N) is 2. The summed E-state index contributed by atoms with van der Waals surface area (Å²) in [6, 6.07) is 2.68. The first-order valence-electron chi connectivity index (χ1n) is 12.4. The summed E-state index contributed by atoms with van der Waals surface area (Å²) < 4.78 is 5.93. The Hall–Kier alpha value is -3.15. The fourth-order valence-electron chi connectivity index (χ4n) is 4.05. The SMILES string of the molecule is CC([C@H](NC(=O)[C@H](C)N)C(=O)N/C=C1/CC(O)C(C)C(C)(C)O1)N(C)C(=O)[C@@H](N)Cc1cccc(O)c1. The highest BCUT2D eigenvalue weighted by Gasteiger charge is 2.39. The molecule has 1 aromatic rings. The van der Waals surface area contributed by atoms with Crippen LogP contribution < -0.4 is 22.1 Å². The number of ether oxygens (including phenoxy) is 1. The van der Waals surface area contributed by atoms with Gasteiger partial charge in [-0.2, -0.15) is 0 Å². The zero-order chi connectivity index (χ0) is 28.1. The molecule has 11 nitrogen and oxygen atoms in total. The molecule has 3 unspecified atom stereocenters. The number of carbonyl (C=O) groups is 3. The first-order chi connectivity index (χ1) is 17.1. The predicted octanol–water partition coefficient (Wildman–Crippen LogP) is 0.0944. The van der Waals surface area contributed by atoms with E-state index in [2.05, 4.69) is 10.6 Å². The molecule has 0 aliphatic carbocycles. The fourth-order valence-corrected chi connectivity index (χ4v) is 4.05. The predicted molar refractivity (Wildman–Crippen MR) is 139 cm³/mol. The number of likely N-dealkylation sites (N-methyl/N-ethyl adjacent to an activating group) is 1. The Kier molecular flexibility index (Phi) is 10.1. The topological polar surface area (TPSA) is 180 Å². The molecule has 0 saturated carbocycles. The molecule has 1 saturated heterocycles. The molecule has 1 aromatic carbocycles. The number of carbonyl (C=O) groups excluding carboxylic acids is 3. The van der Waals surface area contributed by atoms with Gasteiger partial charge in [0.15, 0.2) is 0 Å². The average Bonchev–Trinajstić information content (AvgIpc) is 2.82. The van der Waals surface area contributed by atoms with Crippen LogP contribution in [0.1, 0.15) is 46.6 Å². The Morgan fingerprint density at radius 1 is 1.24 bits per heavy atom. The number of nitrogens with zero attached hydrogens (tertiary/aromatic N) is 1. The van der Waals surface area contributed by atoms with E-state index < -0.39 is 53.6 Å². The lowest BCUT2D eigenvalue weighted by atomic mass is 9.83. The second kappa shape index (κ2) is 12.4. The third kappa shape index (κ3) is 7.91. The minimum atomic E-state index is -1.15. The van der Waals surface area contributed by atoms with Crippen LogP contribution in [0.4, 0.5) is 0 Å². The summed E-state index contributed by atoms with van der Waals surface area (Å²) in [6.07, 6.45) is 1.12. The lowest BCUT2D eigenvalue weighted by Gasteiger charge is -2.41. The molecule has 0 radical (unpaired) electrons. The van der Waals surface area contributed by atoms with Crippen LogP contribution in [0.25, 0.3) is 0 Å². The number of hydrogen-bond acceptors (Lipinski definition) is 8. The lowest BCUT2D eigenvalue weighted by molar-refractivity contribution is -0.137. The monoisotopic (exact) mass is 519 g/mol. The largest absolute Gasteiger partial charge is 0.508 e. The van der Waals surface area contributed by atoms with Gasteiger partial charge in [-0.25, -0.2) is 0 Å². The lowest BCUT2D eigenvalue weighted by Crippen LogP contribution is -2.60. The van der Waals surface area contributed by atoms with E-state index in [1.165, 1.54) is 37.2 Å². The van der Waals surface area contributed by atoms with Crippen molar-refractivity contribution in [3.05, 3.63) is 41.8 Å². The number of phenols is 1. The van der Waals surface area contributed by atoms with Gasteiger partial charge in [-0.15, -0.1) is 0 Å². The van der Waals surface area contributed by atoms with Gasteiger partial charge in [0.25, 0.3) is 0 Å². The van der Waals surface area contributed by atoms with Gasteiger partial charge < -0.3 is 42.0 Å². The van der Waals surface area contributed by atoms with E-state index in [0.29, 0.717) is 11.3 Å². The van der Waals surface area contributed by atoms with E-state index in [4.69, 9.17) is 16.2 Å². The molecule has 1 fully saturated rings. The maximum absolute atomic E-state index is 13.2. The zero-order valence-electron chi connectivity index (χ0n) is 22.4. The van der Waals surface area contributed by atoms with Gasteiger partial charge in [0, 0.05) is 25.6 Å². The van der Waals surface area contributed by atoms with E-state index in [1.807, 2.05) is 20.8 Å². The first kappa shape index (κ1) is 30.1. The number of amides is 3. The number of phenolic OH excluding ortho intramolecular Hbond substituents is 1. The van der Waals surface area contributed by atoms with Crippen LogP contribution in [0.5, 0.6) is 5.75 Å². The molecule has 1 aliphatic heterocycles. The van der Waals surface area contributed by atoms with Crippen LogP contribution in [-0.2, 0) is 25.5 Å². The number of rotatable bonds is 9. The number of aliphatic hydroxyl groups excluding tert-OH is 1. The molecular weight excluding hydrogens is 478 g/mol. The molecule has 6 atom stereocenters. The Morgan fingerprint density at radius 3 is 2.46 bits per heavy atom. The fraction of sp³-hybridized carbons (Fsp3) is 0.577. The third-order valence-electron chi connectivity index (χ3n) is 6.97. The number of benzene rings is 1. The standard InChI is InChI=1S/C26H41N5O6/c1-14-21(33)12-19(37-26(14,4)5)13-29-24(35)22(30-23(34)15(2)27)16(3)31(6)25(36)20(28)11-17-8-7-9-18(32)10-17/h7-10,13-16,20-22,32-33H,11-12,27-28H2,1-6H3,(H,29,35)(H,30,34)/b19-13-/t14?,15-,16?,20-,21?,22-/m0/s1. The van der Waals surface area contributed by atoms with Crippen LogP contribution in [0.2, 0.25) is 0 Å². The average molecular weight is 520 g/mol. The summed E-state index contributed by atoms with van der Waals surface area (Å²) in [6.45, 7) is 8.69.